The number of halogens is 4. The van der Waals surface area contributed by atoms with Gasteiger partial charge in [-0.25, -0.2) is 8.78 Å². The van der Waals surface area contributed by atoms with Gasteiger partial charge in [-0.05, 0) is 36.6 Å². The number of benzene rings is 1. The van der Waals surface area contributed by atoms with Crippen LogP contribution in [0.5, 0.6) is 0 Å². The van der Waals surface area contributed by atoms with Gasteiger partial charge in [-0.2, -0.15) is 5.10 Å². The van der Waals surface area contributed by atoms with Crippen LogP contribution in [0.25, 0.3) is 5.57 Å². The molecule has 1 aliphatic rings. The monoisotopic (exact) mass is 341 g/mol. The Morgan fingerprint density at radius 2 is 2.14 bits per heavy atom. The number of fused-ring (bicyclic) bond motifs is 1. The van der Waals surface area contributed by atoms with Crippen LogP contribution in [0.4, 0.5) is 8.78 Å². The van der Waals surface area contributed by atoms with Gasteiger partial charge in [-0.1, -0.05) is 35.3 Å². The van der Waals surface area contributed by atoms with Crippen LogP contribution in [0.2, 0.25) is 10.0 Å². The van der Waals surface area contributed by atoms with Gasteiger partial charge in [-0.15, -0.1) is 0 Å². The summed E-state index contributed by atoms with van der Waals surface area (Å²) in [6, 6.07) is 5.11. The highest BCUT2D eigenvalue weighted by Crippen LogP contribution is 2.42. The number of hydrogen-bond donors (Lipinski definition) is 0. The number of hydrogen-bond acceptors (Lipinski definition) is 1. The summed E-state index contributed by atoms with van der Waals surface area (Å²) in [4.78, 5) is 0. The van der Waals surface area contributed by atoms with E-state index in [-0.39, 0.29) is 12.0 Å². The van der Waals surface area contributed by atoms with Crippen LogP contribution in [-0.4, -0.2) is 15.7 Å². The molecule has 1 aliphatic carbocycles. The molecule has 6 heteroatoms. The van der Waals surface area contributed by atoms with E-state index in [1.54, 1.807) is 29.1 Å². The Kier molecular flexibility index (Phi) is 4.00. The van der Waals surface area contributed by atoms with E-state index in [1.807, 2.05) is 0 Å². The normalized spacial score (nSPS) is 18.5. The smallest absolute Gasteiger partial charge is 0.260 e. The molecule has 0 unspecified atom stereocenters. The quantitative estimate of drug-likeness (QED) is 0.748. The van der Waals surface area contributed by atoms with Crippen molar-refractivity contribution < 1.29 is 8.78 Å². The maximum atomic E-state index is 14.1. The molecule has 2 nitrogen and oxygen atoms in total. The molecule has 0 atom stereocenters. The summed E-state index contributed by atoms with van der Waals surface area (Å²) in [5.74, 6) is -2.88. The van der Waals surface area contributed by atoms with Gasteiger partial charge in [-0.3, -0.25) is 4.68 Å². The summed E-state index contributed by atoms with van der Waals surface area (Å²) in [5, 5.41) is 5.26. The third-order valence-electron chi connectivity index (χ3n) is 3.81. The minimum absolute atomic E-state index is 0.0728. The molecule has 0 spiro atoms. The first kappa shape index (κ1) is 15.5. The van der Waals surface area contributed by atoms with E-state index in [1.165, 1.54) is 6.08 Å². The number of aryl methyl sites for hydroxylation is 1. The Morgan fingerprint density at radius 1 is 1.36 bits per heavy atom. The van der Waals surface area contributed by atoms with Crippen LogP contribution < -0.4 is 0 Å². The van der Waals surface area contributed by atoms with Crippen molar-refractivity contribution in [2.24, 2.45) is 0 Å². The van der Waals surface area contributed by atoms with Crippen LogP contribution in [0.1, 0.15) is 23.2 Å². The second kappa shape index (κ2) is 5.67. The minimum atomic E-state index is -2.88. The van der Waals surface area contributed by atoms with E-state index >= 15 is 0 Å². The number of aromatic nitrogens is 2. The molecule has 2 aromatic rings. The first-order valence-electron chi connectivity index (χ1n) is 6.79. The zero-order chi connectivity index (χ0) is 15.9. The molecule has 0 N–H and O–H groups in total. The molecule has 0 aliphatic heterocycles. The highest BCUT2D eigenvalue weighted by molar-refractivity contribution is 6.35. The summed E-state index contributed by atoms with van der Waals surface area (Å²) >= 11 is 12.0. The fourth-order valence-electron chi connectivity index (χ4n) is 2.70. The lowest BCUT2D eigenvalue weighted by atomic mass is 9.89. The number of alkyl halides is 2. The SMILES string of the molecule is [CH2]/C=C1\c2c(cnn2Cc2ccc(Cl)cc2Cl)CCC1(F)F. The standard InChI is InChI=1S/C16H13Cl2F2N2/c1-2-13-15-10(5-6-16(13,19)20)8-21-22(15)9-11-3-4-12(17)7-14(11)18/h2-4,7-8H,1,5-6,9H2/b13-2+. The van der Waals surface area contributed by atoms with Crippen LogP contribution in [0.3, 0.4) is 0 Å². The third-order valence-corrected chi connectivity index (χ3v) is 4.40. The lowest BCUT2D eigenvalue weighted by molar-refractivity contribution is 0.0533. The summed E-state index contributed by atoms with van der Waals surface area (Å²) in [6.45, 7) is 3.84. The molecule has 115 valence electrons. The highest BCUT2D eigenvalue weighted by Gasteiger charge is 2.41. The summed E-state index contributed by atoms with van der Waals surface area (Å²) in [6.07, 6.45) is 2.94. The van der Waals surface area contributed by atoms with E-state index < -0.39 is 5.92 Å². The third kappa shape index (κ3) is 2.66. The van der Waals surface area contributed by atoms with Gasteiger partial charge >= 0.3 is 0 Å². The molecule has 0 bridgehead atoms. The first-order valence-corrected chi connectivity index (χ1v) is 7.54. The van der Waals surface area contributed by atoms with Gasteiger partial charge in [0.15, 0.2) is 0 Å². The Hall–Kier alpha value is -1.39. The van der Waals surface area contributed by atoms with Gasteiger partial charge < -0.3 is 0 Å². The molecule has 3 rings (SSSR count). The van der Waals surface area contributed by atoms with Gasteiger partial charge in [0.1, 0.15) is 0 Å². The zero-order valence-corrected chi connectivity index (χ0v) is 13.1. The predicted octanol–water partition coefficient (Wildman–Crippen LogP) is 5.04. The Labute approximate surface area is 137 Å². The van der Waals surface area contributed by atoms with E-state index in [0.717, 1.165) is 11.1 Å². The van der Waals surface area contributed by atoms with Gasteiger partial charge in [0.2, 0.25) is 0 Å². The maximum Gasteiger partial charge on any atom is 0.275 e. The van der Waals surface area contributed by atoms with E-state index in [0.29, 0.717) is 28.7 Å². The number of allylic oxidation sites excluding steroid dienone is 2. The van der Waals surface area contributed by atoms with Crippen molar-refractivity contribution in [3.05, 3.63) is 64.3 Å². The predicted molar refractivity (Wildman–Crippen MR) is 84.4 cm³/mol. The van der Waals surface area contributed by atoms with E-state index in [2.05, 4.69) is 12.0 Å². The fourth-order valence-corrected chi connectivity index (χ4v) is 3.16. The van der Waals surface area contributed by atoms with Crippen molar-refractivity contribution in [3.63, 3.8) is 0 Å². The Balaban J connectivity index is 2.03. The largest absolute Gasteiger partial charge is 0.275 e. The maximum absolute atomic E-state index is 14.1. The van der Waals surface area contributed by atoms with E-state index in [9.17, 15) is 8.78 Å². The average Bonchev–Trinajstić information content (AvgIpc) is 2.84. The molecule has 1 radical (unpaired) electrons. The lowest BCUT2D eigenvalue weighted by Gasteiger charge is -2.26. The lowest BCUT2D eigenvalue weighted by Crippen LogP contribution is -2.26. The molecular formula is C16H13Cl2F2N2. The summed E-state index contributed by atoms with van der Waals surface area (Å²) in [7, 11) is 0. The molecule has 22 heavy (non-hydrogen) atoms. The minimum Gasteiger partial charge on any atom is -0.260 e. The van der Waals surface area contributed by atoms with Crippen molar-refractivity contribution in [2.75, 3.05) is 0 Å². The molecular weight excluding hydrogens is 329 g/mol. The molecule has 0 saturated heterocycles. The summed E-state index contributed by atoms with van der Waals surface area (Å²) in [5.41, 5.74) is 1.95. The zero-order valence-electron chi connectivity index (χ0n) is 11.6. The second-order valence-corrected chi connectivity index (χ2v) is 6.08. The second-order valence-electron chi connectivity index (χ2n) is 5.23. The Morgan fingerprint density at radius 3 is 2.82 bits per heavy atom. The number of rotatable bonds is 2. The van der Waals surface area contributed by atoms with Crippen LogP contribution in [-0.2, 0) is 13.0 Å². The van der Waals surface area contributed by atoms with Crippen molar-refractivity contribution in [1.29, 1.82) is 0 Å². The van der Waals surface area contributed by atoms with Crippen molar-refractivity contribution in [2.45, 2.75) is 25.3 Å². The summed E-state index contributed by atoms with van der Waals surface area (Å²) < 4.78 is 29.7. The molecule has 1 aromatic heterocycles. The molecule has 0 amide bonds. The van der Waals surface area contributed by atoms with Crippen LogP contribution >= 0.6 is 23.2 Å². The topological polar surface area (TPSA) is 17.8 Å². The number of nitrogens with zero attached hydrogens (tertiary/aromatic N) is 2. The molecule has 0 saturated carbocycles. The van der Waals surface area contributed by atoms with Gasteiger partial charge in [0.05, 0.1) is 18.4 Å². The van der Waals surface area contributed by atoms with Crippen LogP contribution in [0, 0.1) is 6.92 Å². The molecule has 1 heterocycles. The van der Waals surface area contributed by atoms with Crippen molar-refractivity contribution in [3.8, 4) is 0 Å². The van der Waals surface area contributed by atoms with Crippen LogP contribution in [0.15, 0.2) is 30.5 Å². The first-order chi connectivity index (χ1) is 10.4. The highest BCUT2D eigenvalue weighted by atomic mass is 35.5. The van der Waals surface area contributed by atoms with Crippen molar-refractivity contribution in [1.82, 2.24) is 9.78 Å². The molecule has 0 fully saturated rings. The average molecular weight is 342 g/mol. The van der Waals surface area contributed by atoms with Gasteiger partial charge in [0.25, 0.3) is 5.92 Å². The van der Waals surface area contributed by atoms with Crippen molar-refractivity contribution >= 4 is 28.8 Å². The molecule has 1 aromatic carbocycles. The van der Waals surface area contributed by atoms with E-state index in [4.69, 9.17) is 23.2 Å². The fraction of sp³-hybridized carbons (Fsp3) is 0.250. The van der Waals surface area contributed by atoms with Gasteiger partial charge in [0, 0.05) is 22.0 Å². The Bertz CT molecular complexity index is 751.